The molecule has 0 aliphatic rings. The molecule has 2 amide bonds. The van der Waals surface area contributed by atoms with Crippen LogP contribution in [0.15, 0.2) is 24.3 Å². The van der Waals surface area contributed by atoms with E-state index in [4.69, 9.17) is 16.9 Å². The summed E-state index contributed by atoms with van der Waals surface area (Å²) in [7, 11) is 0. The third-order valence-electron chi connectivity index (χ3n) is 2.42. The molecule has 0 saturated carbocycles. The van der Waals surface area contributed by atoms with Crippen molar-refractivity contribution in [2.24, 2.45) is 0 Å². The molecule has 7 nitrogen and oxygen atoms in total. The zero-order chi connectivity index (χ0) is 16.4. The number of hydrogen-bond donors (Lipinski definition) is 2. The number of hydrogen-bond acceptors (Lipinski definition) is 5. The first kappa shape index (κ1) is 17.5. The van der Waals surface area contributed by atoms with E-state index in [1.165, 1.54) is 12.1 Å². The third kappa shape index (κ3) is 6.72. The molecule has 0 radical (unpaired) electrons. The van der Waals surface area contributed by atoms with Crippen molar-refractivity contribution in [1.29, 1.82) is 5.26 Å². The Labute approximate surface area is 132 Å². The van der Waals surface area contributed by atoms with Crippen molar-refractivity contribution in [1.82, 2.24) is 10.6 Å². The Morgan fingerprint density at radius 2 is 1.86 bits per heavy atom. The van der Waals surface area contributed by atoms with E-state index in [1.54, 1.807) is 12.1 Å². The van der Waals surface area contributed by atoms with Crippen molar-refractivity contribution < 1.29 is 19.1 Å². The molecule has 22 heavy (non-hydrogen) atoms. The predicted molar refractivity (Wildman–Crippen MR) is 78.0 cm³/mol. The van der Waals surface area contributed by atoms with Crippen LogP contribution in [-0.2, 0) is 14.3 Å². The van der Waals surface area contributed by atoms with Crippen molar-refractivity contribution >= 4 is 29.4 Å². The lowest BCUT2D eigenvalue weighted by molar-refractivity contribution is -0.147. The molecule has 1 aromatic rings. The molecular formula is C14H14ClN3O4. The monoisotopic (exact) mass is 323 g/mol. The van der Waals surface area contributed by atoms with E-state index < -0.39 is 24.4 Å². The van der Waals surface area contributed by atoms with Crippen LogP contribution in [0, 0.1) is 11.3 Å². The molecule has 0 aliphatic carbocycles. The second-order valence-electron chi connectivity index (χ2n) is 4.11. The molecule has 0 aromatic heterocycles. The average Bonchev–Trinajstić information content (AvgIpc) is 2.51. The summed E-state index contributed by atoms with van der Waals surface area (Å²) in [6, 6.07) is 8.01. The van der Waals surface area contributed by atoms with Crippen LogP contribution in [0.25, 0.3) is 0 Å². The van der Waals surface area contributed by atoms with Gasteiger partial charge in [0.1, 0.15) is 6.54 Å². The molecule has 116 valence electrons. The van der Waals surface area contributed by atoms with Crippen molar-refractivity contribution in [2.45, 2.75) is 6.42 Å². The summed E-state index contributed by atoms with van der Waals surface area (Å²) in [5.41, 5.74) is 0.353. The van der Waals surface area contributed by atoms with Gasteiger partial charge in [0, 0.05) is 17.1 Å². The summed E-state index contributed by atoms with van der Waals surface area (Å²) < 4.78 is 4.67. The Morgan fingerprint density at radius 3 is 2.50 bits per heavy atom. The molecular weight excluding hydrogens is 310 g/mol. The number of benzene rings is 1. The lowest BCUT2D eigenvalue weighted by atomic mass is 10.2. The maximum Gasteiger partial charge on any atom is 0.325 e. The van der Waals surface area contributed by atoms with Gasteiger partial charge in [-0.05, 0) is 24.3 Å². The topological polar surface area (TPSA) is 108 Å². The SMILES string of the molecule is N#CCCNC(=O)COC(=O)CNC(=O)c1ccc(Cl)cc1. The fourth-order valence-corrected chi connectivity index (χ4v) is 1.49. The summed E-state index contributed by atoms with van der Waals surface area (Å²) in [6.45, 7) is -0.617. The van der Waals surface area contributed by atoms with E-state index in [1.807, 2.05) is 6.07 Å². The molecule has 0 bridgehead atoms. The number of halogens is 1. The van der Waals surface area contributed by atoms with E-state index in [2.05, 4.69) is 15.4 Å². The smallest absolute Gasteiger partial charge is 0.325 e. The molecule has 8 heteroatoms. The minimum absolute atomic E-state index is 0.177. The number of rotatable bonds is 7. The zero-order valence-corrected chi connectivity index (χ0v) is 12.4. The zero-order valence-electron chi connectivity index (χ0n) is 11.6. The number of esters is 1. The van der Waals surface area contributed by atoms with Gasteiger partial charge in [0.05, 0.1) is 12.5 Å². The minimum Gasteiger partial charge on any atom is -0.454 e. The summed E-state index contributed by atoms with van der Waals surface area (Å²) in [6.07, 6.45) is 0.177. The fourth-order valence-electron chi connectivity index (χ4n) is 1.36. The Kier molecular flexibility index (Phi) is 7.43. The number of nitrogens with zero attached hydrogens (tertiary/aromatic N) is 1. The average molecular weight is 324 g/mol. The minimum atomic E-state index is -0.738. The van der Waals surface area contributed by atoms with Crippen LogP contribution in [0.4, 0.5) is 0 Å². The first-order valence-corrected chi connectivity index (χ1v) is 6.73. The highest BCUT2D eigenvalue weighted by Crippen LogP contribution is 2.09. The van der Waals surface area contributed by atoms with Gasteiger partial charge in [0.15, 0.2) is 6.61 Å². The highest BCUT2D eigenvalue weighted by atomic mass is 35.5. The van der Waals surface area contributed by atoms with Crippen LogP contribution in [0.5, 0.6) is 0 Å². The molecule has 0 saturated heterocycles. The van der Waals surface area contributed by atoms with E-state index in [-0.39, 0.29) is 19.5 Å². The van der Waals surface area contributed by atoms with Crippen LogP contribution in [0.3, 0.4) is 0 Å². The summed E-state index contributed by atoms with van der Waals surface area (Å²) in [4.78, 5) is 34.3. The first-order valence-electron chi connectivity index (χ1n) is 6.36. The van der Waals surface area contributed by atoms with Gasteiger partial charge in [-0.15, -0.1) is 0 Å². The molecule has 0 atom stereocenters. The predicted octanol–water partition coefficient (Wildman–Crippen LogP) is 0.643. The number of carbonyl (C=O) groups is 3. The fraction of sp³-hybridized carbons (Fsp3) is 0.286. The normalized spacial score (nSPS) is 9.45. The van der Waals surface area contributed by atoms with Gasteiger partial charge in [-0.2, -0.15) is 5.26 Å². The van der Waals surface area contributed by atoms with E-state index in [0.717, 1.165) is 0 Å². The Bertz CT molecular complexity index is 581. The number of carbonyl (C=O) groups excluding carboxylic acids is 3. The quantitative estimate of drug-likeness (QED) is 0.565. The number of amides is 2. The summed E-state index contributed by atoms with van der Waals surface area (Å²) >= 11 is 5.70. The van der Waals surface area contributed by atoms with Crippen molar-refractivity contribution in [3.8, 4) is 6.07 Å². The highest BCUT2D eigenvalue weighted by Gasteiger charge is 2.10. The van der Waals surface area contributed by atoms with Gasteiger partial charge in [0.2, 0.25) is 0 Å². The maximum absolute atomic E-state index is 11.7. The third-order valence-corrected chi connectivity index (χ3v) is 2.67. The lowest BCUT2D eigenvalue weighted by Crippen LogP contribution is -2.34. The second-order valence-corrected chi connectivity index (χ2v) is 4.54. The van der Waals surface area contributed by atoms with Gasteiger partial charge < -0.3 is 15.4 Å². The van der Waals surface area contributed by atoms with Gasteiger partial charge in [0.25, 0.3) is 11.8 Å². The molecule has 0 heterocycles. The van der Waals surface area contributed by atoms with E-state index in [0.29, 0.717) is 10.6 Å². The largest absolute Gasteiger partial charge is 0.454 e. The van der Waals surface area contributed by atoms with Crippen molar-refractivity contribution in [3.05, 3.63) is 34.9 Å². The van der Waals surface area contributed by atoms with Crippen LogP contribution < -0.4 is 10.6 Å². The van der Waals surface area contributed by atoms with Crippen LogP contribution in [0.2, 0.25) is 5.02 Å². The van der Waals surface area contributed by atoms with Gasteiger partial charge in [-0.25, -0.2) is 0 Å². The number of nitrogens with one attached hydrogen (secondary N) is 2. The van der Waals surface area contributed by atoms with Gasteiger partial charge in [-0.1, -0.05) is 11.6 Å². The van der Waals surface area contributed by atoms with E-state index >= 15 is 0 Å². The Balaban J connectivity index is 2.25. The Hall–Kier alpha value is -2.59. The molecule has 0 spiro atoms. The summed E-state index contributed by atoms with van der Waals surface area (Å²) in [5, 5.41) is 13.6. The molecule has 0 aliphatic heterocycles. The number of ether oxygens (including phenoxy) is 1. The standard InChI is InChI=1S/C14H14ClN3O4/c15-11-4-2-10(3-5-11)14(21)18-8-13(20)22-9-12(19)17-7-1-6-16/h2-5H,1,7-9H2,(H,17,19)(H,18,21). The number of nitriles is 1. The second kappa shape index (κ2) is 9.37. The highest BCUT2D eigenvalue weighted by molar-refractivity contribution is 6.30. The first-order chi connectivity index (χ1) is 10.5. The van der Waals surface area contributed by atoms with Crippen LogP contribution in [0.1, 0.15) is 16.8 Å². The molecule has 1 rings (SSSR count). The molecule has 0 fully saturated rings. The van der Waals surface area contributed by atoms with Crippen LogP contribution >= 0.6 is 11.6 Å². The Morgan fingerprint density at radius 1 is 1.18 bits per heavy atom. The molecule has 0 unspecified atom stereocenters. The molecule has 2 N–H and O–H groups in total. The van der Waals surface area contributed by atoms with Crippen molar-refractivity contribution in [3.63, 3.8) is 0 Å². The maximum atomic E-state index is 11.7. The lowest BCUT2D eigenvalue weighted by Gasteiger charge is -2.07. The van der Waals surface area contributed by atoms with Gasteiger partial charge in [-0.3, -0.25) is 14.4 Å². The van der Waals surface area contributed by atoms with Crippen LogP contribution in [-0.4, -0.2) is 37.5 Å². The molecule has 1 aromatic carbocycles. The van der Waals surface area contributed by atoms with Gasteiger partial charge >= 0.3 is 5.97 Å². The summed E-state index contributed by atoms with van der Waals surface area (Å²) in [5.74, 6) is -1.70. The van der Waals surface area contributed by atoms with Crippen molar-refractivity contribution in [2.75, 3.05) is 19.7 Å². The van der Waals surface area contributed by atoms with E-state index in [9.17, 15) is 14.4 Å².